The Morgan fingerprint density at radius 2 is 0.859 bits per heavy atom. The van der Waals surface area contributed by atoms with E-state index in [0.717, 1.165) is 38.0 Å². The third-order valence-electron chi connectivity index (χ3n) is 6.37. The van der Waals surface area contributed by atoms with Crippen molar-refractivity contribution in [2.75, 3.05) is 19.7 Å². The molecule has 0 heterocycles. The van der Waals surface area contributed by atoms with Gasteiger partial charge in [-0.2, -0.15) is 10.2 Å². The fourth-order valence-corrected chi connectivity index (χ4v) is 2.89. The smallest absolute Gasteiger partial charge is 0.242 e. The van der Waals surface area contributed by atoms with Gasteiger partial charge in [0.1, 0.15) is 6.10 Å². The normalized spacial score (nSPS) is 10.3. The number of hydrogen-bond donors (Lipinski definition) is 4. The first-order chi connectivity index (χ1) is 26.6. The number of hydrazone groups is 2. The number of hydrogen-bond acceptors (Lipinski definition) is 9. The molecule has 0 bridgehead atoms. The van der Waals surface area contributed by atoms with Crippen LogP contribution < -0.4 is 21.5 Å². The molecule has 0 saturated carbocycles. The Hall–Kier alpha value is -2.53. The zero-order valence-corrected chi connectivity index (χ0v) is 42.9. The number of carbonyl (C=O) groups is 2. The number of ether oxygens (including phenoxy) is 1. The van der Waals surface area contributed by atoms with Crippen molar-refractivity contribution < 1.29 is 19.2 Å². The molecule has 2 amide bonds. The molecule has 0 aliphatic carbocycles. The van der Waals surface area contributed by atoms with Crippen LogP contribution in [0.25, 0.3) is 0 Å². The number of oxime groups is 1. The van der Waals surface area contributed by atoms with Gasteiger partial charge < -0.3 is 25.6 Å². The third kappa shape index (κ3) is 118. The molecule has 0 aromatic rings. The molecule has 0 rings (SSSR count). The number of carbonyl (C=O) groups excluding carboxylic acids is 2. The molecule has 0 radical (unpaired) electrons. The van der Waals surface area contributed by atoms with Gasteiger partial charge >= 0.3 is 0 Å². The predicted molar refractivity (Wildman–Crippen MR) is 298 cm³/mol. The third-order valence-corrected chi connectivity index (χ3v) is 6.37. The molecule has 0 spiro atoms. The van der Waals surface area contributed by atoms with E-state index in [-0.39, 0.29) is 74.3 Å². The second-order valence-corrected chi connectivity index (χ2v) is 18.6. The molecule has 0 saturated heterocycles. The van der Waals surface area contributed by atoms with Crippen molar-refractivity contribution in [2.45, 2.75) is 254 Å². The van der Waals surface area contributed by atoms with Crippen molar-refractivity contribution in [3.05, 3.63) is 0 Å². The first-order valence-electron chi connectivity index (χ1n) is 22.5. The standard InChI is InChI=1S/C9H19NO.C8H16N2O.C8H19N.C8H18O.C7H16N2.C7H15NO.6CH4/c1-7(2)5-6-10-9(11)8(3)4;1-6(2)5-9-10-8(11)7(3)4;2*1-7(2)5-6-9-8(3)4;2*1-6(2)5-8-9-7(3)4;;;;;;/h7-8H,5-6H2,1-4H3,(H,10,11);5-7H,1-4H3,(H,10,11);7-9H,5-6H2,1-4H3;7-8H,5-6H2,1-4H3;5-7,9H,1-4H3;5-7H,1-4H3;6*1H4/b;;;;;8-5+;;;;;;. The quantitative estimate of drug-likeness (QED) is 0.0668. The summed E-state index contributed by atoms with van der Waals surface area (Å²) in [6.07, 6.45) is 9.53. The summed E-state index contributed by atoms with van der Waals surface area (Å²) >= 11 is 0. The Labute approximate surface area is 406 Å². The minimum Gasteiger partial charge on any atom is -0.393 e. The van der Waals surface area contributed by atoms with E-state index in [4.69, 9.17) is 9.57 Å². The van der Waals surface area contributed by atoms with E-state index in [1.165, 1.54) is 12.8 Å². The lowest BCUT2D eigenvalue weighted by atomic mass is 10.1. The number of rotatable bonds is 21. The maximum atomic E-state index is 11.0. The SMILES string of the molecule is C.C.C.C.C.C.CC(C)/C=N/OC(C)C.CC(C)C=NNC(=O)C(C)C.CC(C)C=NNC(C)C.CC(C)CCNC(=O)C(C)C.CC(C)CCNC(C)C.CC(C)CCOC(C)C. The van der Waals surface area contributed by atoms with Crippen LogP contribution in [-0.4, -0.2) is 74.4 Å². The Morgan fingerprint density at radius 1 is 0.469 bits per heavy atom. The van der Waals surface area contributed by atoms with E-state index >= 15 is 0 Å². The van der Waals surface area contributed by atoms with Gasteiger partial charge in [0, 0.05) is 55.7 Å². The van der Waals surface area contributed by atoms with Crippen molar-refractivity contribution in [1.82, 2.24) is 21.5 Å². The second-order valence-electron chi connectivity index (χ2n) is 18.6. The van der Waals surface area contributed by atoms with Crippen LogP contribution in [0.2, 0.25) is 0 Å². The van der Waals surface area contributed by atoms with Crippen molar-refractivity contribution >= 4 is 30.5 Å². The fraction of sp³-hybridized carbons (Fsp3) is 0.906. The number of amides is 2. The minimum absolute atomic E-state index is 0. The maximum Gasteiger partial charge on any atom is 0.242 e. The van der Waals surface area contributed by atoms with Gasteiger partial charge in [0.05, 0.1) is 6.10 Å². The Kier molecular flexibility index (Phi) is 92.9. The van der Waals surface area contributed by atoms with E-state index < -0.39 is 0 Å². The van der Waals surface area contributed by atoms with Crippen LogP contribution in [0.5, 0.6) is 0 Å². The Bertz CT molecular complexity index is 885. The molecule has 0 fully saturated rings. The van der Waals surface area contributed by atoms with Gasteiger partial charge in [-0.15, -0.1) is 0 Å². The van der Waals surface area contributed by atoms with Crippen LogP contribution in [0.4, 0.5) is 0 Å². The molecule has 64 heavy (non-hydrogen) atoms. The summed E-state index contributed by atoms with van der Waals surface area (Å²) < 4.78 is 5.35. The van der Waals surface area contributed by atoms with Crippen molar-refractivity contribution in [3.8, 4) is 0 Å². The minimum atomic E-state index is -0.0399. The molecular weight excluding hydrogens is 799 g/mol. The lowest BCUT2D eigenvalue weighted by molar-refractivity contribution is -0.124. The molecule has 0 unspecified atom stereocenters. The van der Waals surface area contributed by atoms with Gasteiger partial charge in [-0.3, -0.25) is 9.59 Å². The highest BCUT2D eigenvalue weighted by Crippen LogP contribution is 2.01. The maximum absolute atomic E-state index is 11.0. The zero-order chi connectivity index (χ0) is 46.8. The summed E-state index contributed by atoms with van der Waals surface area (Å²) in [5, 5.41) is 17.8. The van der Waals surface area contributed by atoms with Crippen molar-refractivity contribution in [2.24, 2.45) is 62.7 Å². The van der Waals surface area contributed by atoms with Crippen molar-refractivity contribution in [1.29, 1.82) is 0 Å². The molecule has 4 N–H and O–H groups in total. The number of nitrogens with one attached hydrogen (secondary N) is 4. The lowest BCUT2D eigenvalue weighted by Crippen LogP contribution is -2.29. The molecule has 0 atom stereocenters. The summed E-state index contributed by atoms with van der Waals surface area (Å²) in [4.78, 5) is 26.8. The Morgan fingerprint density at radius 3 is 1.17 bits per heavy atom. The van der Waals surface area contributed by atoms with E-state index in [1.54, 1.807) is 12.4 Å². The molecule has 0 aliphatic heterocycles. The molecule has 11 heteroatoms. The monoisotopic (exact) mass is 926 g/mol. The van der Waals surface area contributed by atoms with Crippen LogP contribution >= 0.6 is 0 Å². The summed E-state index contributed by atoms with van der Waals surface area (Å²) in [5.41, 5.74) is 5.39. The molecule has 11 nitrogen and oxygen atoms in total. The molecular formula is C53H127N7O4. The van der Waals surface area contributed by atoms with Crippen LogP contribution in [-0.2, 0) is 19.2 Å². The zero-order valence-electron chi connectivity index (χ0n) is 42.9. The average Bonchev–Trinajstić information content (AvgIpc) is 3.04. The van der Waals surface area contributed by atoms with Crippen LogP contribution in [0.3, 0.4) is 0 Å². The second kappa shape index (κ2) is 64.8. The summed E-state index contributed by atoms with van der Waals surface area (Å²) in [6, 6.07) is 1.09. The molecule has 0 aromatic carbocycles. The molecule has 0 aliphatic rings. The number of nitrogens with zero attached hydrogens (tertiary/aromatic N) is 3. The highest BCUT2D eigenvalue weighted by Gasteiger charge is 2.05. The predicted octanol–water partition coefficient (Wildman–Crippen LogP) is 15.2. The van der Waals surface area contributed by atoms with E-state index in [0.29, 0.717) is 41.9 Å². The summed E-state index contributed by atoms with van der Waals surface area (Å²) in [7, 11) is 0. The molecule has 0 aromatic heterocycles. The van der Waals surface area contributed by atoms with E-state index in [9.17, 15) is 9.59 Å². The summed E-state index contributed by atoms with van der Waals surface area (Å²) in [6.45, 7) is 52.5. The largest absolute Gasteiger partial charge is 0.393 e. The van der Waals surface area contributed by atoms with Crippen LogP contribution in [0.1, 0.15) is 230 Å². The fourth-order valence-electron chi connectivity index (χ4n) is 2.89. The van der Waals surface area contributed by atoms with Crippen LogP contribution in [0, 0.1) is 47.3 Å². The highest BCUT2D eigenvalue weighted by molar-refractivity contribution is 5.78. The first kappa shape index (κ1) is 91.8. The molecule has 398 valence electrons. The first-order valence-corrected chi connectivity index (χ1v) is 22.5. The summed E-state index contributed by atoms with van der Waals surface area (Å²) in [5.74, 6) is 3.89. The van der Waals surface area contributed by atoms with Gasteiger partial charge in [0.25, 0.3) is 0 Å². The van der Waals surface area contributed by atoms with Gasteiger partial charge in [0.15, 0.2) is 0 Å². The van der Waals surface area contributed by atoms with E-state index in [1.807, 2.05) is 61.6 Å². The van der Waals surface area contributed by atoms with Gasteiger partial charge in [0.2, 0.25) is 11.8 Å². The Balaban J connectivity index is -0.0000000499. The van der Waals surface area contributed by atoms with Gasteiger partial charge in [-0.05, 0) is 103 Å². The van der Waals surface area contributed by atoms with Gasteiger partial charge in [-0.25, -0.2) is 5.43 Å². The van der Waals surface area contributed by atoms with Crippen molar-refractivity contribution in [3.63, 3.8) is 0 Å². The lowest BCUT2D eigenvalue weighted by Gasteiger charge is -2.08. The van der Waals surface area contributed by atoms with E-state index in [2.05, 4.69) is 148 Å². The van der Waals surface area contributed by atoms with Crippen LogP contribution in [0.15, 0.2) is 15.4 Å². The highest BCUT2D eigenvalue weighted by atomic mass is 16.6. The topological polar surface area (TPSA) is 138 Å². The van der Waals surface area contributed by atoms with Gasteiger partial charge in [-0.1, -0.05) is 174 Å². The average molecular weight is 927 g/mol.